The van der Waals surface area contributed by atoms with Gasteiger partial charge in [0, 0.05) is 22.9 Å². The highest BCUT2D eigenvalue weighted by atomic mass is 79.9. The molecule has 3 nitrogen and oxygen atoms in total. The van der Waals surface area contributed by atoms with Crippen molar-refractivity contribution < 1.29 is 9.84 Å². The summed E-state index contributed by atoms with van der Waals surface area (Å²) in [5.74, 6) is 0.969. The van der Waals surface area contributed by atoms with E-state index in [-0.39, 0.29) is 5.54 Å². The summed E-state index contributed by atoms with van der Waals surface area (Å²) >= 11 is 3.54. The molecular formula is C15H22BrNO2. The first-order valence-electron chi connectivity index (χ1n) is 6.62. The van der Waals surface area contributed by atoms with Gasteiger partial charge in [0.15, 0.2) is 0 Å². The number of fused-ring (bicyclic) bond motifs is 1. The van der Waals surface area contributed by atoms with Crippen LogP contribution in [0.2, 0.25) is 0 Å². The lowest BCUT2D eigenvalue weighted by atomic mass is 9.90. The quantitative estimate of drug-likeness (QED) is 0.922. The van der Waals surface area contributed by atoms with Crippen LogP contribution in [0.1, 0.15) is 25.0 Å². The third-order valence-corrected chi connectivity index (χ3v) is 4.66. The minimum absolute atomic E-state index is 0.270. The molecule has 19 heavy (non-hydrogen) atoms. The fourth-order valence-corrected chi connectivity index (χ4v) is 2.81. The molecule has 2 rings (SSSR count). The first kappa shape index (κ1) is 14.8. The fourth-order valence-electron chi connectivity index (χ4n) is 2.25. The summed E-state index contributed by atoms with van der Waals surface area (Å²) in [5.41, 5.74) is 2.05. The van der Waals surface area contributed by atoms with Crippen LogP contribution in [-0.4, -0.2) is 42.4 Å². The summed E-state index contributed by atoms with van der Waals surface area (Å²) in [6.45, 7) is 4.85. The van der Waals surface area contributed by atoms with Gasteiger partial charge >= 0.3 is 0 Å². The Morgan fingerprint density at radius 2 is 2.11 bits per heavy atom. The highest BCUT2D eigenvalue weighted by Gasteiger charge is 2.31. The molecule has 1 aliphatic rings. The zero-order valence-corrected chi connectivity index (χ0v) is 13.6. The lowest BCUT2D eigenvalue weighted by Crippen LogP contribution is -2.49. The van der Waals surface area contributed by atoms with Crippen LogP contribution in [-0.2, 0) is 12.8 Å². The number of ether oxygens (including phenoxy) is 1. The maximum absolute atomic E-state index is 10.5. The van der Waals surface area contributed by atoms with Gasteiger partial charge < -0.3 is 14.7 Å². The molecule has 1 aromatic rings. The van der Waals surface area contributed by atoms with E-state index < -0.39 is 6.10 Å². The third-order valence-electron chi connectivity index (χ3n) is 4.21. The van der Waals surface area contributed by atoms with Crippen LogP contribution in [0, 0.1) is 0 Å². The van der Waals surface area contributed by atoms with Crippen molar-refractivity contribution in [1.82, 2.24) is 4.90 Å². The summed E-state index contributed by atoms with van der Waals surface area (Å²) in [4.78, 5) is 2.05. The molecule has 1 heterocycles. The number of hydrogen-bond acceptors (Lipinski definition) is 3. The number of aliphatic hydroxyl groups excluding tert-OH is 1. The van der Waals surface area contributed by atoms with E-state index in [1.807, 2.05) is 14.1 Å². The van der Waals surface area contributed by atoms with Crippen molar-refractivity contribution >= 4 is 15.9 Å². The highest BCUT2D eigenvalue weighted by molar-refractivity contribution is 9.10. The van der Waals surface area contributed by atoms with Crippen LogP contribution in [0.5, 0.6) is 5.75 Å². The second kappa shape index (κ2) is 5.43. The summed E-state index contributed by atoms with van der Waals surface area (Å²) in [6, 6.07) is 4.16. The molecule has 0 bridgehead atoms. The topological polar surface area (TPSA) is 32.7 Å². The summed E-state index contributed by atoms with van der Waals surface area (Å²) in [7, 11) is 3.98. The molecule has 0 aromatic heterocycles. The minimum Gasteiger partial charge on any atom is -0.493 e. The predicted molar refractivity (Wildman–Crippen MR) is 80.8 cm³/mol. The second-order valence-electron chi connectivity index (χ2n) is 5.92. The van der Waals surface area contributed by atoms with Gasteiger partial charge in [-0.15, -0.1) is 0 Å². The maximum Gasteiger partial charge on any atom is 0.125 e. The van der Waals surface area contributed by atoms with Gasteiger partial charge in [0.2, 0.25) is 0 Å². The molecule has 1 N–H and O–H groups in total. The Morgan fingerprint density at radius 3 is 2.74 bits per heavy atom. The molecule has 0 radical (unpaired) electrons. The van der Waals surface area contributed by atoms with Gasteiger partial charge in [-0.1, -0.05) is 15.9 Å². The van der Waals surface area contributed by atoms with Crippen LogP contribution < -0.4 is 4.74 Å². The van der Waals surface area contributed by atoms with Gasteiger partial charge in [-0.2, -0.15) is 0 Å². The average molecular weight is 328 g/mol. The summed E-state index contributed by atoms with van der Waals surface area (Å²) < 4.78 is 6.77. The lowest BCUT2D eigenvalue weighted by Gasteiger charge is -2.37. The molecule has 1 aromatic carbocycles. The zero-order valence-electron chi connectivity index (χ0n) is 12.0. The van der Waals surface area contributed by atoms with E-state index >= 15 is 0 Å². The molecule has 1 atom stereocenters. The van der Waals surface area contributed by atoms with E-state index in [1.54, 1.807) is 0 Å². The molecule has 1 aliphatic heterocycles. The summed E-state index contributed by atoms with van der Waals surface area (Å²) in [5, 5.41) is 10.5. The molecule has 0 fully saturated rings. The number of halogens is 1. The Hall–Kier alpha value is -0.580. The van der Waals surface area contributed by atoms with E-state index in [0.717, 1.165) is 28.8 Å². The number of likely N-dealkylation sites (N-methyl/N-ethyl adjacent to an activating group) is 1. The SMILES string of the molecule is CN(C)C(C)(C)C(O)Cc1cc(Br)cc2c1OCC2. The standard InChI is InChI=1S/C15H22BrNO2/c1-15(2,17(3)4)13(18)9-11-8-12(16)7-10-5-6-19-14(10)11/h7-8,13,18H,5-6,9H2,1-4H3. The number of nitrogens with zero attached hydrogens (tertiary/aromatic N) is 1. The van der Waals surface area contributed by atoms with Gasteiger partial charge in [0.05, 0.1) is 12.7 Å². The average Bonchev–Trinajstić information content (AvgIpc) is 2.76. The van der Waals surface area contributed by atoms with E-state index in [2.05, 4.69) is 46.8 Å². The predicted octanol–water partition coefficient (Wildman–Crippen LogP) is 2.63. The first-order valence-corrected chi connectivity index (χ1v) is 7.41. The van der Waals surface area contributed by atoms with Crippen LogP contribution in [0.15, 0.2) is 16.6 Å². The number of benzene rings is 1. The smallest absolute Gasteiger partial charge is 0.125 e. The van der Waals surface area contributed by atoms with E-state index in [1.165, 1.54) is 5.56 Å². The Balaban J connectivity index is 2.25. The molecule has 4 heteroatoms. The lowest BCUT2D eigenvalue weighted by molar-refractivity contribution is 0.0179. The highest BCUT2D eigenvalue weighted by Crippen LogP contribution is 2.34. The zero-order chi connectivity index (χ0) is 14.2. The normalized spacial score (nSPS) is 16.4. The van der Waals surface area contributed by atoms with Crippen molar-refractivity contribution in [2.75, 3.05) is 20.7 Å². The van der Waals surface area contributed by atoms with Crippen molar-refractivity contribution in [2.24, 2.45) is 0 Å². The largest absolute Gasteiger partial charge is 0.493 e. The van der Waals surface area contributed by atoms with Crippen molar-refractivity contribution in [3.8, 4) is 5.75 Å². The van der Waals surface area contributed by atoms with Gasteiger partial charge in [0.1, 0.15) is 5.75 Å². The van der Waals surface area contributed by atoms with Gasteiger partial charge in [-0.3, -0.25) is 0 Å². The number of aliphatic hydroxyl groups is 1. The van der Waals surface area contributed by atoms with Gasteiger partial charge in [-0.05, 0) is 51.2 Å². The molecule has 0 saturated carbocycles. The molecule has 0 amide bonds. The van der Waals surface area contributed by atoms with Crippen LogP contribution in [0.3, 0.4) is 0 Å². The number of hydrogen-bond donors (Lipinski definition) is 1. The third kappa shape index (κ3) is 2.96. The van der Waals surface area contributed by atoms with Crippen molar-refractivity contribution in [2.45, 2.75) is 38.3 Å². The van der Waals surface area contributed by atoms with Crippen LogP contribution in [0.25, 0.3) is 0 Å². The fraction of sp³-hybridized carbons (Fsp3) is 0.600. The van der Waals surface area contributed by atoms with Crippen molar-refractivity contribution in [3.63, 3.8) is 0 Å². The molecule has 106 valence electrons. The first-order chi connectivity index (χ1) is 8.82. The van der Waals surface area contributed by atoms with E-state index in [4.69, 9.17) is 4.74 Å². The molecule has 0 aliphatic carbocycles. The molecule has 1 unspecified atom stereocenters. The second-order valence-corrected chi connectivity index (χ2v) is 6.84. The van der Waals surface area contributed by atoms with Crippen molar-refractivity contribution in [1.29, 1.82) is 0 Å². The number of rotatable bonds is 4. The van der Waals surface area contributed by atoms with Gasteiger partial charge in [-0.25, -0.2) is 0 Å². The minimum atomic E-state index is -0.440. The Morgan fingerprint density at radius 1 is 1.42 bits per heavy atom. The molecule has 0 spiro atoms. The maximum atomic E-state index is 10.5. The summed E-state index contributed by atoms with van der Waals surface area (Å²) in [6.07, 6.45) is 1.12. The Labute approximate surface area is 123 Å². The van der Waals surface area contributed by atoms with Crippen LogP contribution >= 0.6 is 15.9 Å². The molecule has 0 saturated heterocycles. The molecular weight excluding hydrogens is 306 g/mol. The van der Waals surface area contributed by atoms with Crippen molar-refractivity contribution in [3.05, 3.63) is 27.7 Å². The Kier molecular flexibility index (Phi) is 4.23. The van der Waals surface area contributed by atoms with E-state index in [0.29, 0.717) is 6.42 Å². The van der Waals surface area contributed by atoms with Crippen LogP contribution in [0.4, 0.5) is 0 Å². The monoisotopic (exact) mass is 327 g/mol. The Bertz CT molecular complexity index is 471. The van der Waals surface area contributed by atoms with Gasteiger partial charge in [0.25, 0.3) is 0 Å². The van der Waals surface area contributed by atoms with E-state index in [9.17, 15) is 5.11 Å².